The molecule has 0 spiro atoms. The van der Waals surface area contributed by atoms with Crippen LogP contribution in [0.1, 0.15) is 39.5 Å². The van der Waals surface area contributed by atoms with E-state index in [1.165, 1.54) is 6.54 Å². The predicted octanol–water partition coefficient (Wildman–Crippen LogP) is 1.82. The second-order valence-electron chi connectivity index (χ2n) is 6.13. The second-order valence-corrected chi connectivity index (χ2v) is 6.13. The Hall–Kier alpha value is -0.0300. The number of halogens is 2. The zero-order valence-corrected chi connectivity index (χ0v) is 14.2. The van der Waals surface area contributed by atoms with E-state index in [4.69, 9.17) is 0 Å². The Morgan fingerprint density at radius 2 is 1.90 bits per heavy atom. The minimum Gasteiger partial charge on any atom is -0.352 e. The van der Waals surface area contributed by atoms with Gasteiger partial charge in [-0.2, -0.15) is 0 Å². The number of hydrogen-bond donors (Lipinski definition) is 2. The van der Waals surface area contributed by atoms with Crippen molar-refractivity contribution in [3.8, 4) is 0 Å². The van der Waals surface area contributed by atoms with Gasteiger partial charge in [-0.05, 0) is 38.1 Å². The minimum absolute atomic E-state index is 0. The summed E-state index contributed by atoms with van der Waals surface area (Å²) in [6.07, 6.45) is 4.33. The van der Waals surface area contributed by atoms with Crippen LogP contribution in [0.25, 0.3) is 0 Å². The second kappa shape index (κ2) is 9.82. The van der Waals surface area contributed by atoms with E-state index in [2.05, 4.69) is 29.4 Å². The number of amides is 1. The summed E-state index contributed by atoms with van der Waals surface area (Å²) in [5, 5.41) is 6.46. The molecule has 0 aromatic carbocycles. The lowest BCUT2D eigenvalue weighted by atomic mass is 10.0. The molecular formula is C14H29Cl2N3O. The van der Waals surface area contributed by atoms with Gasteiger partial charge in [0.05, 0.1) is 6.04 Å². The molecule has 0 aromatic heterocycles. The van der Waals surface area contributed by atoms with Crippen molar-refractivity contribution in [2.24, 2.45) is 5.92 Å². The molecule has 2 fully saturated rings. The van der Waals surface area contributed by atoms with Crippen LogP contribution < -0.4 is 10.6 Å². The van der Waals surface area contributed by atoms with E-state index in [0.29, 0.717) is 6.04 Å². The molecule has 2 N–H and O–H groups in total. The maximum Gasteiger partial charge on any atom is 0.237 e. The SMILES string of the molecule is CC(C)CN1CCC(NC(=O)[C@@H]2CCCN2)CC1.Cl.Cl. The number of carbonyl (C=O) groups is 1. The van der Waals surface area contributed by atoms with Crippen LogP contribution in [-0.2, 0) is 4.79 Å². The van der Waals surface area contributed by atoms with Crippen molar-refractivity contribution < 1.29 is 4.79 Å². The molecule has 1 atom stereocenters. The standard InChI is InChI=1S/C14H27N3O.2ClH/c1-11(2)10-17-8-5-12(6-9-17)16-14(18)13-4-3-7-15-13;;/h11-13,15H,3-10H2,1-2H3,(H,16,18);2*1H/t13-;;/m0../s1. The van der Waals surface area contributed by atoms with E-state index >= 15 is 0 Å². The first-order valence-corrected chi connectivity index (χ1v) is 7.41. The number of carbonyl (C=O) groups excluding carboxylic acids is 1. The molecule has 4 nitrogen and oxygen atoms in total. The third-order valence-electron chi connectivity index (χ3n) is 3.93. The summed E-state index contributed by atoms with van der Waals surface area (Å²) in [7, 11) is 0. The van der Waals surface area contributed by atoms with Crippen LogP contribution >= 0.6 is 24.8 Å². The molecular weight excluding hydrogens is 297 g/mol. The van der Waals surface area contributed by atoms with Crippen molar-refractivity contribution >= 4 is 30.7 Å². The number of hydrogen-bond acceptors (Lipinski definition) is 3. The van der Waals surface area contributed by atoms with Gasteiger partial charge in [-0.3, -0.25) is 4.79 Å². The summed E-state index contributed by atoms with van der Waals surface area (Å²) in [6, 6.07) is 0.460. The molecule has 0 aromatic rings. The number of rotatable bonds is 4. The predicted molar refractivity (Wildman–Crippen MR) is 88.0 cm³/mol. The molecule has 2 aliphatic heterocycles. The van der Waals surface area contributed by atoms with Crippen LogP contribution in [0, 0.1) is 5.92 Å². The molecule has 0 radical (unpaired) electrons. The Morgan fingerprint density at radius 1 is 1.25 bits per heavy atom. The van der Waals surface area contributed by atoms with Gasteiger partial charge in [0.2, 0.25) is 5.91 Å². The molecule has 1 amide bonds. The van der Waals surface area contributed by atoms with Crippen LogP contribution in [0.3, 0.4) is 0 Å². The van der Waals surface area contributed by atoms with Gasteiger partial charge >= 0.3 is 0 Å². The number of nitrogens with one attached hydrogen (secondary N) is 2. The highest BCUT2D eigenvalue weighted by atomic mass is 35.5. The van der Waals surface area contributed by atoms with Crippen LogP contribution in [0.5, 0.6) is 0 Å². The summed E-state index contributed by atoms with van der Waals surface area (Å²) in [6.45, 7) is 8.96. The zero-order chi connectivity index (χ0) is 13.0. The zero-order valence-electron chi connectivity index (χ0n) is 12.6. The first-order valence-electron chi connectivity index (χ1n) is 7.41. The minimum atomic E-state index is 0. The Morgan fingerprint density at radius 3 is 2.40 bits per heavy atom. The normalized spacial score (nSPS) is 24.1. The first kappa shape index (κ1) is 20.0. The quantitative estimate of drug-likeness (QED) is 0.828. The smallest absolute Gasteiger partial charge is 0.237 e. The topological polar surface area (TPSA) is 44.4 Å². The van der Waals surface area contributed by atoms with Gasteiger partial charge in [0.25, 0.3) is 0 Å². The van der Waals surface area contributed by atoms with Gasteiger partial charge in [0.1, 0.15) is 0 Å². The van der Waals surface area contributed by atoms with Crippen LogP contribution in [0.2, 0.25) is 0 Å². The third kappa shape index (κ3) is 6.17. The van der Waals surface area contributed by atoms with Crippen molar-refractivity contribution in [2.45, 2.75) is 51.6 Å². The molecule has 0 unspecified atom stereocenters. The number of nitrogens with zero attached hydrogens (tertiary/aromatic N) is 1. The average Bonchev–Trinajstić information content (AvgIpc) is 2.84. The Balaban J connectivity index is 0.00000180. The van der Waals surface area contributed by atoms with E-state index in [9.17, 15) is 4.79 Å². The van der Waals surface area contributed by atoms with E-state index in [0.717, 1.165) is 51.2 Å². The van der Waals surface area contributed by atoms with Gasteiger partial charge in [-0.25, -0.2) is 0 Å². The highest BCUT2D eigenvalue weighted by Gasteiger charge is 2.26. The molecule has 2 heterocycles. The fourth-order valence-corrected chi connectivity index (χ4v) is 2.99. The first-order chi connectivity index (χ1) is 8.65. The lowest BCUT2D eigenvalue weighted by molar-refractivity contribution is -0.123. The number of likely N-dealkylation sites (tertiary alicyclic amines) is 1. The average molecular weight is 326 g/mol. The fraction of sp³-hybridized carbons (Fsp3) is 0.929. The molecule has 2 rings (SSSR count). The van der Waals surface area contributed by atoms with Gasteiger partial charge < -0.3 is 15.5 Å². The Labute approximate surface area is 135 Å². The molecule has 0 aliphatic carbocycles. The van der Waals surface area contributed by atoms with Gasteiger partial charge in [-0.15, -0.1) is 24.8 Å². The van der Waals surface area contributed by atoms with Crippen LogP contribution in [-0.4, -0.2) is 49.1 Å². The van der Waals surface area contributed by atoms with E-state index < -0.39 is 0 Å². The highest BCUT2D eigenvalue weighted by Crippen LogP contribution is 2.13. The Kier molecular flexibility index (Phi) is 9.81. The molecule has 20 heavy (non-hydrogen) atoms. The van der Waals surface area contributed by atoms with Gasteiger partial charge in [0.15, 0.2) is 0 Å². The molecule has 0 bridgehead atoms. The summed E-state index contributed by atoms with van der Waals surface area (Å²) < 4.78 is 0. The van der Waals surface area contributed by atoms with Crippen LogP contribution in [0.4, 0.5) is 0 Å². The van der Waals surface area contributed by atoms with Crippen molar-refractivity contribution in [2.75, 3.05) is 26.2 Å². The van der Waals surface area contributed by atoms with Crippen molar-refractivity contribution in [3.63, 3.8) is 0 Å². The summed E-state index contributed by atoms with van der Waals surface area (Å²) in [5.41, 5.74) is 0. The summed E-state index contributed by atoms with van der Waals surface area (Å²) in [4.78, 5) is 14.5. The molecule has 6 heteroatoms. The van der Waals surface area contributed by atoms with Gasteiger partial charge in [0, 0.05) is 25.7 Å². The molecule has 0 saturated carbocycles. The van der Waals surface area contributed by atoms with E-state index in [1.54, 1.807) is 0 Å². The van der Waals surface area contributed by atoms with Crippen LogP contribution in [0.15, 0.2) is 0 Å². The van der Waals surface area contributed by atoms with Crippen molar-refractivity contribution in [3.05, 3.63) is 0 Å². The monoisotopic (exact) mass is 325 g/mol. The van der Waals surface area contributed by atoms with E-state index in [1.807, 2.05) is 0 Å². The Bertz CT molecular complexity index is 276. The molecule has 120 valence electrons. The maximum atomic E-state index is 12.0. The lowest BCUT2D eigenvalue weighted by Gasteiger charge is -2.33. The maximum absolute atomic E-state index is 12.0. The summed E-state index contributed by atoms with van der Waals surface area (Å²) >= 11 is 0. The molecule has 2 aliphatic rings. The molecule has 2 saturated heterocycles. The number of piperidine rings is 1. The third-order valence-corrected chi connectivity index (χ3v) is 3.93. The lowest BCUT2D eigenvalue weighted by Crippen LogP contribution is -2.49. The van der Waals surface area contributed by atoms with E-state index in [-0.39, 0.29) is 36.8 Å². The summed E-state index contributed by atoms with van der Waals surface area (Å²) in [5.74, 6) is 0.952. The fourth-order valence-electron chi connectivity index (χ4n) is 2.99. The van der Waals surface area contributed by atoms with Crippen molar-refractivity contribution in [1.29, 1.82) is 0 Å². The largest absolute Gasteiger partial charge is 0.352 e. The highest BCUT2D eigenvalue weighted by molar-refractivity contribution is 5.85. The van der Waals surface area contributed by atoms with Gasteiger partial charge in [-0.1, -0.05) is 13.8 Å². The van der Waals surface area contributed by atoms with Crippen molar-refractivity contribution in [1.82, 2.24) is 15.5 Å².